The number of hydrogen-bond acceptors (Lipinski definition) is 3. The molecule has 1 saturated carbocycles. The van der Waals surface area contributed by atoms with Gasteiger partial charge < -0.3 is 4.74 Å². The number of carbonyl (C=O) groups excluding carboxylic acids is 2. The van der Waals surface area contributed by atoms with Crippen molar-refractivity contribution >= 4 is 11.8 Å². The molecule has 66 valence electrons. The molecule has 2 rings (SSSR count). The Labute approximate surface area is 71.1 Å². The molecule has 0 radical (unpaired) electrons. The number of rotatable bonds is 0. The predicted molar refractivity (Wildman–Crippen MR) is 41.4 cm³/mol. The second-order valence-electron chi connectivity index (χ2n) is 4.07. The SMILES string of the molecule is C[C@@]12COC(=O)[C@@H]1CCC(=O)C2. The molecule has 12 heavy (non-hydrogen) atoms. The first-order chi connectivity index (χ1) is 5.62. The molecule has 1 aliphatic heterocycles. The van der Waals surface area contributed by atoms with E-state index in [0.29, 0.717) is 25.9 Å². The Morgan fingerprint density at radius 1 is 1.50 bits per heavy atom. The molecule has 0 amide bonds. The lowest BCUT2D eigenvalue weighted by Gasteiger charge is -2.30. The Kier molecular flexibility index (Phi) is 1.50. The quantitative estimate of drug-likeness (QED) is 0.505. The van der Waals surface area contributed by atoms with Crippen molar-refractivity contribution in [2.24, 2.45) is 11.3 Å². The Hall–Kier alpha value is -0.860. The fourth-order valence-corrected chi connectivity index (χ4v) is 2.21. The van der Waals surface area contributed by atoms with Crippen molar-refractivity contribution in [3.8, 4) is 0 Å². The van der Waals surface area contributed by atoms with Gasteiger partial charge in [0.1, 0.15) is 5.78 Å². The molecule has 0 aromatic rings. The van der Waals surface area contributed by atoms with Gasteiger partial charge >= 0.3 is 5.97 Å². The summed E-state index contributed by atoms with van der Waals surface area (Å²) < 4.78 is 4.96. The van der Waals surface area contributed by atoms with E-state index in [9.17, 15) is 9.59 Å². The van der Waals surface area contributed by atoms with Crippen LogP contribution < -0.4 is 0 Å². The summed E-state index contributed by atoms with van der Waals surface area (Å²) in [6.45, 7) is 2.40. The van der Waals surface area contributed by atoms with Gasteiger partial charge in [-0.1, -0.05) is 6.92 Å². The van der Waals surface area contributed by atoms with E-state index in [2.05, 4.69) is 0 Å². The van der Waals surface area contributed by atoms with Gasteiger partial charge in [-0.15, -0.1) is 0 Å². The molecule has 1 heterocycles. The normalized spacial score (nSPS) is 40.9. The fraction of sp³-hybridized carbons (Fsp3) is 0.778. The number of esters is 1. The third-order valence-corrected chi connectivity index (χ3v) is 2.98. The molecule has 2 aliphatic rings. The molecule has 0 bridgehead atoms. The lowest BCUT2D eigenvalue weighted by Crippen LogP contribution is -2.34. The average molecular weight is 168 g/mol. The van der Waals surface area contributed by atoms with E-state index in [4.69, 9.17) is 4.74 Å². The highest BCUT2D eigenvalue weighted by Gasteiger charge is 2.50. The smallest absolute Gasteiger partial charge is 0.309 e. The summed E-state index contributed by atoms with van der Waals surface area (Å²) in [7, 11) is 0. The van der Waals surface area contributed by atoms with Crippen molar-refractivity contribution in [1.29, 1.82) is 0 Å². The number of hydrogen-bond donors (Lipinski definition) is 0. The lowest BCUT2D eigenvalue weighted by atomic mass is 9.69. The minimum absolute atomic E-state index is 0.0183. The number of carbonyl (C=O) groups is 2. The van der Waals surface area contributed by atoms with E-state index in [1.54, 1.807) is 0 Å². The highest BCUT2D eigenvalue weighted by Crippen LogP contribution is 2.44. The fourth-order valence-electron chi connectivity index (χ4n) is 2.21. The average Bonchev–Trinajstić information content (AvgIpc) is 2.27. The van der Waals surface area contributed by atoms with Crippen LogP contribution in [0.4, 0.5) is 0 Å². The zero-order chi connectivity index (χ0) is 8.77. The summed E-state index contributed by atoms with van der Waals surface area (Å²) >= 11 is 0. The van der Waals surface area contributed by atoms with Crippen LogP contribution in [0.2, 0.25) is 0 Å². The number of ketones is 1. The summed E-state index contributed by atoms with van der Waals surface area (Å²) in [4.78, 5) is 22.3. The van der Waals surface area contributed by atoms with Crippen LogP contribution in [0.15, 0.2) is 0 Å². The number of Topliss-reactive ketones (excluding diaryl/α,β-unsaturated/α-hetero) is 1. The molecule has 3 heteroatoms. The van der Waals surface area contributed by atoms with Crippen LogP contribution in [-0.4, -0.2) is 18.4 Å². The van der Waals surface area contributed by atoms with Crippen molar-refractivity contribution in [1.82, 2.24) is 0 Å². The zero-order valence-electron chi connectivity index (χ0n) is 7.13. The topological polar surface area (TPSA) is 43.4 Å². The van der Waals surface area contributed by atoms with Gasteiger partial charge in [0.2, 0.25) is 0 Å². The van der Waals surface area contributed by atoms with Crippen LogP contribution in [0.3, 0.4) is 0 Å². The molecule has 1 saturated heterocycles. The first-order valence-electron chi connectivity index (χ1n) is 4.30. The summed E-state index contributed by atoms with van der Waals surface area (Å²) in [6, 6.07) is 0. The van der Waals surface area contributed by atoms with E-state index < -0.39 is 0 Å². The van der Waals surface area contributed by atoms with Crippen molar-refractivity contribution in [3.63, 3.8) is 0 Å². The van der Waals surface area contributed by atoms with Gasteiger partial charge in [0.05, 0.1) is 12.5 Å². The molecular weight excluding hydrogens is 156 g/mol. The molecule has 3 nitrogen and oxygen atoms in total. The minimum Gasteiger partial charge on any atom is -0.465 e. The van der Waals surface area contributed by atoms with Crippen LogP contribution in [0, 0.1) is 11.3 Å². The Bertz CT molecular complexity index is 246. The largest absolute Gasteiger partial charge is 0.465 e. The third-order valence-electron chi connectivity index (χ3n) is 2.98. The standard InChI is InChI=1S/C9H12O3/c1-9-4-6(10)2-3-7(9)8(11)12-5-9/h7H,2-5H2,1H3/t7-,9+/m0/s1. The van der Waals surface area contributed by atoms with E-state index in [0.717, 1.165) is 0 Å². The van der Waals surface area contributed by atoms with Crippen molar-refractivity contribution in [3.05, 3.63) is 0 Å². The van der Waals surface area contributed by atoms with Gasteiger partial charge in [0.25, 0.3) is 0 Å². The van der Waals surface area contributed by atoms with Crippen LogP contribution in [-0.2, 0) is 14.3 Å². The third kappa shape index (κ3) is 0.958. The minimum atomic E-state index is -0.188. The Morgan fingerprint density at radius 2 is 2.25 bits per heavy atom. The summed E-state index contributed by atoms with van der Waals surface area (Å²) in [5, 5.41) is 0. The van der Waals surface area contributed by atoms with Gasteiger partial charge in [-0.2, -0.15) is 0 Å². The molecular formula is C9H12O3. The monoisotopic (exact) mass is 168 g/mol. The second-order valence-corrected chi connectivity index (χ2v) is 4.07. The molecule has 0 spiro atoms. The van der Waals surface area contributed by atoms with Crippen molar-refractivity contribution < 1.29 is 14.3 Å². The van der Waals surface area contributed by atoms with Gasteiger partial charge in [-0.25, -0.2) is 0 Å². The first kappa shape index (κ1) is 7.77. The number of ether oxygens (including phenoxy) is 1. The van der Waals surface area contributed by atoms with E-state index >= 15 is 0 Å². The van der Waals surface area contributed by atoms with Crippen LogP contribution in [0.1, 0.15) is 26.2 Å². The van der Waals surface area contributed by atoms with Gasteiger partial charge in [-0.05, 0) is 6.42 Å². The Morgan fingerprint density at radius 3 is 3.00 bits per heavy atom. The van der Waals surface area contributed by atoms with Crippen molar-refractivity contribution in [2.45, 2.75) is 26.2 Å². The van der Waals surface area contributed by atoms with Crippen molar-refractivity contribution in [2.75, 3.05) is 6.61 Å². The van der Waals surface area contributed by atoms with E-state index in [1.807, 2.05) is 6.92 Å². The van der Waals surface area contributed by atoms with Crippen LogP contribution in [0.25, 0.3) is 0 Å². The maximum absolute atomic E-state index is 11.2. The first-order valence-corrected chi connectivity index (χ1v) is 4.30. The van der Waals surface area contributed by atoms with Gasteiger partial charge in [0.15, 0.2) is 0 Å². The zero-order valence-corrected chi connectivity index (χ0v) is 7.13. The van der Waals surface area contributed by atoms with Gasteiger partial charge in [-0.3, -0.25) is 9.59 Å². The molecule has 1 aliphatic carbocycles. The maximum Gasteiger partial charge on any atom is 0.309 e. The summed E-state index contributed by atoms with van der Waals surface area (Å²) in [5.41, 5.74) is -0.188. The molecule has 0 N–H and O–H groups in total. The molecule has 2 atom stereocenters. The van der Waals surface area contributed by atoms with Gasteiger partial charge in [0, 0.05) is 18.3 Å². The molecule has 0 aromatic carbocycles. The summed E-state index contributed by atoms with van der Waals surface area (Å²) in [5.74, 6) is 0.146. The lowest BCUT2D eigenvalue weighted by molar-refractivity contribution is -0.141. The molecule has 0 unspecified atom stereocenters. The van der Waals surface area contributed by atoms with E-state index in [-0.39, 0.29) is 23.1 Å². The predicted octanol–water partition coefficient (Wildman–Crippen LogP) is 0.919. The van der Waals surface area contributed by atoms with Crippen LogP contribution in [0.5, 0.6) is 0 Å². The summed E-state index contributed by atoms with van der Waals surface area (Å²) in [6.07, 6.45) is 1.76. The Balaban J connectivity index is 2.24. The van der Waals surface area contributed by atoms with Crippen LogP contribution >= 0.6 is 0 Å². The molecule has 2 fully saturated rings. The number of fused-ring (bicyclic) bond motifs is 1. The maximum atomic E-state index is 11.2. The second kappa shape index (κ2) is 2.31. The highest BCUT2D eigenvalue weighted by molar-refractivity contribution is 5.85. The highest BCUT2D eigenvalue weighted by atomic mass is 16.5. The van der Waals surface area contributed by atoms with E-state index in [1.165, 1.54) is 0 Å². The molecule has 0 aromatic heterocycles. The number of cyclic esters (lactones) is 1.